The molecule has 252 valence electrons. The summed E-state index contributed by atoms with van der Waals surface area (Å²) in [5.74, 6) is 0.350. The van der Waals surface area contributed by atoms with Crippen LogP contribution >= 0.6 is 35.0 Å². The first kappa shape index (κ1) is 38.8. The van der Waals surface area contributed by atoms with Crippen molar-refractivity contribution in [1.29, 1.82) is 0 Å². The van der Waals surface area contributed by atoms with Gasteiger partial charge in [0.15, 0.2) is 0 Å². The van der Waals surface area contributed by atoms with E-state index < -0.39 is 57.3 Å². The van der Waals surface area contributed by atoms with Gasteiger partial charge >= 0.3 is 6.03 Å². The largest absolute Gasteiger partial charge is 0.388 e. The fourth-order valence-electron chi connectivity index (χ4n) is 5.18. The zero-order valence-corrected chi connectivity index (χ0v) is 28.8. The molecule has 0 spiro atoms. The average Bonchev–Trinajstić information content (AvgIpc) is 3.34. The van der Waals surface area contributed by atoms with Crippen molar-refractivity contribution >= 4 is 56.9 Å². The van der Waals surface area contributed by atoms with Gasteiger partial charge in [-0.2, -0.15) is 0 Å². The minimum absolute atomic E-state index is 0.00597. The topological polar surface area (TPSA) is 178 Å². The van der Waals surface area contributed by atoms with Crippen LogP contribution < -0.4 is 15.4 Å². The number of carbonyl (C=O) groups is 2. The molecule has 16 heteroatoms. The quantitative estimate of drug-likeness (QED) is 0.188. The first-order valence-electron chi connectivity index (χ1n) is 14.6. The third-order valence-electron chi connectivity index (χ3n) is 7.52. The van der Waals surface area contributed by atoms with E-state index in [-0.39, 0.29) is 16.8 Å². The van der Waals surface area contributed by atoms with Gasteiger partial charge in [-0.15, -0.1) is 23.4 Å². The molecule has 2 aliphatic heterocycles. The smallest absolute Gasteiger partial charge is 0.328 e. The van der Waals surface area contributed by atoms with Crippen LogP contribution in [-0.2, 0) is 19.6 Å². The van der Waals surface area contributed by atoms with Crippen LogP contribution in [0.1, 0.15) is 46.5 Å². The van der Waals surface area contributed by atoms with Gasteiger partial charge in [-0.1, -0.05) is 31.9 Å². The van der Waals surface area contributed by atoms with Crippen LogP contribution in [0.5, 0.6) is 0 Å². The lowest BCUT2D eigenvalue weighted by Crippen LogP contribution is -2.65. The lowest BCUT2D eigenvalue weighted by Gasteiger charge is -2.44. The number of aliphatic hydroxyl groups is 3. The maximum absolute atomic E-state index is 12.9. The fourth-order valence-corrected chi connectivity index (χ4v) is 7.12. The first-order chi connectivity index (χ1) is 20.7. The Balaban J connectivity index is 0.000000342. The van der Waals surface area contributed by atoms with Crippen molar-refractivity contribution in [2.45, 2.75) is 98.7 Å². The summed E-state index contributed by atoms with van der Waals surface area (Å²) in [5.41, 5.74) is -0.702. The molecule has 3 rings (SSSR count). The van der Waals surface area contributed by atoms with Crippen LogP contribution in [0, 0.1) is 5.92 Å². The molecule has 1 aromatic rings. The van der Waals surface area contributed by atoms with Gasteiger partial charge in [0.1, 0.15) is 29.9 Å². The zero-order valence-electron chi connectivity index (χ0n) is 25.7. The number of likely N-dealkylation sites (tertiary alicyclic amines) is 1. The Morgan fingerprint density at radius 3 is 2.30 bits per heavy atom. The Labute approximate surface area is 274 Å². The van der Waals surface area contributed by atoms with Crippen molar-refractivity contribution < 1.29 is 38.1 Å². The fraction of sp³-hybridized carbons (Fsp3) is 0.714. The third kappa shape index (κ3) is 10.9. The van der Waals surface area contributed by atoms with E-state index in [0.717, 1.165) is 32.2 Å². The minimum atomic E-state index is -3.83. The number of likely N-dealkylation sites (N-methyl/N-ethyl adjacent to an activating group) is 1. The molecule has 1 aromatic carbocycles. The van der Waals surface area contributed by atoms with Crippen LogP contribution in [0.4, 0.5) is 4.79 Å². The highest BCUT2D eigenvalue weighted by atomic mass is 35.5. The Kier molecular flexibility index (Phi) is 16.0. The van der Waals surface area contributed by atoms with Crippen molar-refractivity contribution in [2.75, 3.05) is 26.4 Å². The summed E-state index contributed by atoms with van der Waals surface area (Å²) in [5, 5.41) is 35.9. The van der Waals surface area contributed by atoms with Crippen molar-refractivity contribution in [3.63, 3.8) is 0 Å². The van der Waals surface area contributed by atoms with Gasteiger partial charge in [0.05, 0.1) is 22.4 Å². The molecule has 2 saturated heterocycles. The highest BCUT2D eigenvalue weighted by Crippen LogP contribution is 2.31. The van der Waals surface area contributed by atoms with E-state index in [1.165, 1.54) is 36.0 Å². The van der Waals surface area contributed by atoms with Gasteiger partial charge in [-0.05, 0) is 69.7 Å². The molecule has 3 amide bonds. The van der Waals surface area contributed by atoms with Crippen molar-refractivity contribution in [3.8, 4) is 0 Å². The Morgan fingerprint density at radius 2 is 1.75 bits per heavy atom. The predicted molar refractivity (Wildman–Crippen MR) is 172 cm³/mol. The molecule has 0 radical (unpaired) electrons. The van der Waals surface area contributed by atoms with Crippen molar-refractivity contribution in [3.05, 3.63) is 29.3 Å². The number of hydrogen-bond donors (Lipinski definition) is 6. The number of hydrogen-bond acceptors (Lipinski definition) is 10. The second kappa shape index (κ2) is 18.1. The van der Waals surface area contributed by atoms with E-state index in [4.69, 9.17) is 27.9 Å². The number of nitrogens with zero attached hydrogens (tertiary/aromatic N) is 1. The molecule has 0 bridgehead atoms. The van der Waals surface area contributed by atoms with Crippen LogP contribution in [0.3, 0.4) is 0 Å². The molecule has 44 heavy (non-hydrogen) atoms. The summed E-state index contributed by atoms with van der Waals surface area (Å²) in [6.07, 6.45) is 0.633. The Morgan fingerprint density at radius 1 is 1.11 bits per heavy atom. The number of halogens is 2. The lowest BCUT2D eigenvalue weighted by atomic mass is 9.92. The van der Waals surface area contributed by atoms with E-state index >= 15 is 0 Å². The Bertz CT molecular complexity index is 1160. The molecule has 0 aromatic heterocycles. The molecule has 6 N–H and O–H groups in total. The molecule has 12 nitrogen and oxygen atoms in total. The number of alkyl halides is 1. The van der Waals surface area contributed by atoms with E-state index in [1.54, 1.807) is 13.2 Å². The molecule has 0 unspecified atom stereocenters. The second-order valence-electron chi connectivity index (χ2n) is 11.0. The number of nitrogens with one attached hydrogen (secondary N) is 3. The maximum atomic E-state index is 12.9. The van der Waals surface area contributed by atoms with Gasteiger partial charge in [-0.3, -0.25) is 9.69 Å². The zero-order chi connectivity index (χ0) is 33.2. The van der Waals surface area contributed by atoms with Crippen LogP contribution in [0.15, 0.2) is 29.2 Å². The number of ether oxygens (including phenoxy) is 1. The number of thioether (sulfide) groups is 1. The van der Waals surface area contributed by atoms with Crippen molar-refractivity contribution in [2.24, 2.45) is 5.92 Å². The second-order valence-corrected chi connectivity index (χ2v) is 14.8. The summed E-state index contributed by atoms with van der Waals surface area (Å²) in [6, 6.07) is 3.88. The van der Waals surface area contributed by atoms with Gasteiger partial charge in [-0.25, -0.2) is 17.9 Å². The summed E-state index contributed by atoms with van der Waals surface area (Å²) in [4.78, 5) is 26.2. The predicted octanol–water partition coefficient (Wildman–Crippen LogP) is 2.13. The third-order valence-corrected chi connectivity index (χ3v) is 10.2. The van der Waals surface area contributed by atoms with E-state index in [2.05, 4.69) is 17.6 Å². The highest BCUT2D eigenvalue weighted by Gasteiger charge is 2.48. The standard InChI is InChI=1S/C18H33ClN2O5S.C10H13ClN2O3S/c1-5-6-10-7-11(21(3)8-10)17(25)20-12(9(2)19)16-14(23)13(22)15(24)18(26-16)27-4;1-2-7-12-10(14)13-17(15,16)9-5-3-8(11)4-6-9/h9-16,18,22-24H,5-8H2,1-4H3,(H,20,25);3-6H,2,7H2,1H3,(H2,12,13,14)/t9-,10+,11-,12+,13-,14+,15+,16+,18+;/m0./s1. The van der Waals surface area contributed by atoms with E-state index in [1.807, 2.05) is 23.6 Å². The molecule has 2 aliphatic rings. The van der Waals surface area contributed by atoms with Crippen molar-refractivity contribution in [1.82, 2.24) is 20.3 Å². The molecule has 2 heterocycles. The number of benzene rings is 1. The highest BCUT2D eigenvalue weighted by molar-refractivity contribution is 7.99. The van der Waals surface area contributed by atoms with Crippen LogP contribution in [0.25, 0.3) is 0 Å². The average molecular weight is 702 g/mol. The molecule has 2 fully saturated rings. The van der Waals surface area contributed by atoms with E-state index in [0.29, 0.717) is 17.5 Å². The number of aliphatic hydroxyl groups excluding tert-OH is 3. The SMILES string of the molecule is CCCNC(=O)NS(=O)(=O)c1ccc(Cl)cc1.CCC[C@@H]1C[C@@H](C(=O)N[C@@H]([C@H]2O[C@H](SC)[C@H](O)[C@@H](O)[C@H]2O)[C@H](C)Cl)N(C)C1. The number of sulfonamides is 1. The molecule has 0 aliphatic carbocycles. The molecular weight excluding hydrogens is 655 g/mol. The van der Waals surface area contributed by atoms with E-state index in [9.17, 15) is 33.3 Å². The van der Waals surface area contributed by atoms with Gasteiger partial charge < -0.3 is 30.7 Å². The maximum Gasteiger partial charge on any atom is 0.328 e. The molecular formula is C28H46Cl2N4O8S2. The normalized spacial score (nSPS) is 28.7. The molecule has 0 saturated carbocycles. The van der Waals surface area contributed by atoms with Crippen LogP contribution in [0.2, 0.25) is 5.02 Å². The summed E-state index contributed by atoms with van der Waals surface area (Å²) >= 11 is 13.2. The molecule has 9 atom stereocenters. The monoisotopic (exact) mass is 700 g/mol. The lowest BCUT2D eigenvalue weighted by molar-refractivity contribution is -0.205. The summed E-state index contributed by atoms with van der Waals surface area (Å²) < 4.78 is 31.1. The number of urea groups is 1. The van der Waals surface area contributed by atoms with Gasteiger partial charge in [0, 0.05) is 18.1 Å². The first-order valence-corrected chi connectivity index (χ1v) is 18.2. The van der Waals surface area contributed by atoms with Gasteiger partial charge in [0.25, 0.3) is 10.0 Å². The van der Waals surface area contributed by atoms with Gasteiger partial charge in [0.2, 0.25) is 5.91 Å². The summed E-state index contributed by atoms with van der Waals surface area (Å²) in [7, 11) is -1.89. The number of amides is 3. The number of rotatable bonds is 11. The minimum Gasteiger partial charge on any atom is -0.388 e. The number of carbonyl (C=O) groups excluding carboxylic acids is 2. The Hall–Kier alpha value is -1.36. The summed E-state index contributed by atoms with van der Waals surface area (Å²) in [6.45, 7) is 7.03. The van der Waals surface area contributed by atoms with Crippen LogP contribution in [-0.4, -0.2) is 114 Å².